The Hall–Kier alpha value is -2.10. The molecule has 6 nitrogen and oxygen atoms in total. The van der Waals surface area contributed by atoms with Crippen LogP contribution in [0.4, 0.5) is 5.69 Å². The summed E-state index contributed by atoms with van der Waals surface area (Å²) in [4.78, 5) is 16.4. The summed E-state index contributed by atoms with van der Waals surface area (Å²) in [5.41, 5.74) is 1.61. The second-order valence-electron chi connectivity index (χ2n) is 5.79. The van der Waals surface area contributed by atoms with Gasteiger partial charge in [-0.05, 0) is 18.6 Å². The van der Waals surface area contributed by atoms with Crippen molar-refractivity contribution in [1.82, 2.24) is 10.2 Å². The summed E-state index contributed by atoms with van der Waals surface area (Å²) in [6.45, 7) is 3.23. The number of carbonyl (C=O) groups excluding carboxylic acids is 1. The Labute approximate surface area is 129 Å². The number of nitrogens with zero attached hydrogens (tertiary/aromatic N) is 3. The number of carbonyl (C=O) groups is 1. The quantitative estimate of drug-likeness (QED) is 0.799. The Morgan fingerprint density at radius 2 is 2.00 bits per heavy atom. The van der Waals surface area contributed by atoms with E-state index in [1.807, 2.05) is 29.2 Å². The van der Waals surface area contributed by atoms with E-state index in [2.05, 4.69) is 16.3 Å². The Morgan fingerprint density at radius 3 is 2.64 bits per heavy atom. The van der Waals surface area contributed by atoms with Crippen LogP contribution in [0.3, 0.4) is 0 Å². The largest absolute Gasteiger partial charge is 0.392 e. The summed E-state index contributed by atoms with van der Waals surface area (Å²) in [5.74, 6) is 0.0739. The lowest BCUT2D eigenvalue weighted by atomic mass is 10.1. The third kappa shape index (κ3) is 2.91. The fourth-order valence-electron chi connectivity index (χ4n) is 3.14. The van der Waals surface area contributed by atoms with Crippen molar-refractivity contribution in [3.05, 3.63) is 29.8 Å². The molecule has 1 aromatic rings. The molecule has 2 aliphatic rings. The number of amides is 1. The summed E-state index contributed by atoms with van der Waals surface area (Å²) < 4.78 is 0. The molecular formula is C16H20N4O2. The highest BCUT2D eigenvalue weighted by molar-refractivity contribution is 5.82. The van der Waals surface area contributed by atoms with Crippen LogP contribution in [0.2, 0.25) is 0 Å². The molecule has 2 unspecified atom stereocenters. The lowest BCUT2D eigenvalue weighted by Crippen LogP contribution is -2.53. The zero-order valence-electron chi connectivity index (χ0n) is 12.4. The van der Waals surface area contributed by atoms with Gasteiger partial charge in [0.05, 0.1) is 23.4 Å². The van der Waals surface area contributed by atoms with Crippen LogP contribution in [0, 0.1) is 11.3 Å². The highest BCUT2D eigenvalue weighted by Crippen LogP contribution is 2.21. The molecule has 116 valence electrons. The van der Waals surface area contributed by atoms with Crippen LogP contribution in [0.15, 0.2) is 24.3 Å². The molecule has 2 aliphatic heterocycles. The van der Waals surface area contributed by atoms with Crippen LogP contribution < -0.4 is 10.2 Å². The number of β-amino-alcohol motifs (C(OH)–C–C–N with tert-alkyl or cyclic N) is 1. The standard InChI is InChI=1S/C16H20N4O2/c17-10-12-3-1-2-4-15(12)19-5-7-20(8-6-19)16(22)14-9-13(21)11-18-14/h1-4,13-14,18,21H,5-9,11H2. The molecule has 2 fully saturated rings. The van der Waals surface area contributed by atoms with Crippen molar-refractivity contribution in [2.24, 2.45) is 0 Å². The van der Waals surface area contributed by atoms with E-state index in [-0.39, 0.29) is 11.9 Å². The zero-order valence-corrected chi connectivity index (χ0v) is 12.4. The molecule has 2 saturated heterocycles. The molecule has 6 heteroatoms. The average molecular weight is 300 g/mol. The number of rotatable bonds is 2. The lowest BCUT2D eigenvalue weighted by Gasteiger charge is -2.37. The van der Waals surface area contributed by atoms with Gasteiger partial charge in [-0.2, -0.15) is 5.26 Å². The lowest BCUT2D eigenvalue weighted by molar-refractivity contribution is -0.133. The number of para-hydroxylation sites is 1. The summed E-state index contributed by atoms with van der Waals surface area (Å²) in [7, 11) is 0. The smallest absolute Gasteiger partial charge is 0.239 e. The number of benzene rings is 1. The number of aliphatic hydroxyl groups is 1. The maximum atomic E-state index is 12.4. The van der Waals surface area contributed by atoms with Crippen molar-refractivity contribution in [1.29, 1.82) is 5.26 Å². The number of nitrogens with one attached hydrogen (secondary N) is 1. The second-order valence-corrected chi connectivity index (χ2v) is 5.79. The Kier molecular flexibility index (Phi) is 4.27. The fraction of sp³-hybridized carbons (Fsp3) is 0.500. The van der Waals surface area contributed by atoms with Gasteiger partial charge in [0.2, 0.25) is 5.91 Å². The fourth-order valence-corrected chi connectivity index (χ4v) is 3.14. The van der Waals surface area contributed by atoms with E-state index in [1.165, 1.54) is 0 Å². The molecule has 2 atom stereocenters. The van der Waals surface area contributed by atoms with Crippen LogP contribution in [-0.2, 0) is 4.79 Å². The second kappa shape index (κ2) is 6.34. The maximum absolute atomic E-state index is 12.4. The van der Waals surface area contributed by atoms with Gasteiger partial charge in [0.25, 0.3) is 0 Å². The van der Waals surface area contributed by atoms with E-state index in [9.17, 15) is 15.2 Å². The topological polar surface area (TPSA) is 79.6 Å². The van der Waals surface area contributed by atoms with E-state index >= 15 is 0 Å². The van der Waals surface area contributed by atoms with E-state index < -0.39 is 6.10 Å². The van der Waals surface area contributed by atoms with Crippen molar-refractivity contribution in [2.45, 2.75) is 18.6 Å². The monoisotopic (exact) mass is 300 g/mol. The number of anilines is 1. The van der Waals surface area contributed by atoms with Crippen molar-refractivity contribution in [3.63, 3.8) is 0 Å². The molecule has 22 heavy (non-hydrogen) atoms. The molecule has 2 heterocycles. The summed E-state index contributed by atoms with van der Waals surface area (Å²) in [6.07, 6.45) is 0.0776. The first-order valence-corrected chi connectivity index (χ1v) is 7.63. The normalized spacial score (nSPS) is 25.1. The molecule has 3 rings (SSSR count). The van der Waals surface area contributed by atoms with E-state index in [4.69, 9.17) is 0 Å². The number of hydrogen-bond acceptors (Lipinski definition) is 5. The zero-order chi connectivity index (χ0) is 15.5. The number of piperazine rings is 1. The minimum Gasteiger partial charge on any atom is -0.392 e. The van der Waals surface area contributed by atoms with Crippen molar-refractivity contribution >= 4 is 11.6 Å². The van der Waals surface area contributed by atoms with Gasteiger partial charge in [-0.1, -0.05) is 12.1 Å². The molecule has 1 aromatic carbocycles. The van der Waals surface area contributed by atoms with Crippen LogP contribution in [0.5, 0.6) is 0 Å². The van der Waals surface area contributed by atoms with E-state index in [1.54, 1.807) is 0 Å². The maximum Gasteiger partial charge on any atom is 0.239 e. The molecule has 0 bridgehead atoms. The number of hydrogen-bond donors (Lipinski definition) is 2. The van der Waals surface area contributed by atoms with E-state index in [0.29, 0.717) is 31.6 Å². The molecule has 0 spiro atoms. The number of aliphatic hydroxyl groups excluding tert-OH is 1. The van der Waals surface area contributed by atoms with Gasteiger partial charge in [-0.25, -0.2) is 0 Å². The van der Waals surface area contributed by atoms with Crippen LogP contribution >= 0.6 is 0 Å². The van der Waals surface area contributed by atoms with Gasteiger partial charge in [0, 0.05) is 32.7 Å². The first-order valence-electron chi connectivity index (χ1n) is 7.63. The first kappa shape index (κ1) is 14.8. The Balaban J connectivity index is 1.61. The molecule has 1 amide bonds. The van der Waals surface area contributed by atoms with Gasteiger partial charge in [-0.15, -0.1) is 0 Å². The predicted molar refractivity (Wildman–Crippen MR) is 82.4 cm³/mol. The molecule has 0 radical (unpaired) electrons. The minimum atomic E-state index is -0.419. The predicted octanol–water partition coefficient (Wildman–Crippen LogP) is -0.0703. The highest BCUT2D eigenvalue weighted by atomic mass is 16.3. The number of nitriles is 1. The van der Waals surface area contributed by atoms with Crippen molar-refractivity contribution in [2.75, 3.05) is 37.6 Å². The van der Waals surface area contributed by atoms with Crippen LogP contribution in [-0.4, -0.2) is 60.8 Å². The van der Waals surface area contributed by atoms with E-state index in [0.717, 1.165) is 18.8 Å². The van der Waals surface area contributed by atoms with Gasteiger partial charge >= 0.3 is 0 Å². The minimum absolute atomic E-state index is 0.0739. The Morgan fingerprint density at radius 1 is 1.27 bits per heavy atom. The molecule has 0 saturated carbocycles. The molecule has 0 aliphatic carbocycles. The molecular weight excluding hydrogens is 280 g/mol. The summed E-state index contributed by atoms with van der Waals surface area (Å²) in [6, 6.07) is 9.51. The van der Waals surface area contributed by atoms with Gasteiger partial charge in [-0.3, -0.25) is 4.79 Å². The molecule has 2 N–H and O–H groups in total. The van der Waals surface area contributed by atoms with Crippen molar-refractivity contribution in [3.8, 4) is 6.07 Å². The first-order chi connectivity index (χ1) is 10.7. The van der Waals surface area contributed by atoms with Crippen LogP contribution in [0.1, 0.15) is 12.0 Å². The van der Waals surface area contributed by atoms with Crippen molar-refractivity contribution < 1.29 is 9.90 Å². The van der Waals surface area contributed by atoms with Crippen LogP contribution in [0.25, 0.3) is 0 Å². The van der Waals surface area contributed by atoms with Gasteiger partial charge in [0.15, 0.2) is 0 Å². The van der Waals surface area contributed by atoms with Gasteiger partial charge < -0.3 is 20.2 Å². The summed E-state index contributed by atoms with van der Waals surface area (Å²) >= 11 is 0. The average Bonchev–Trinajstić information content (AvgIpc) is 3.01. The highest BCUT2D eigenvalue weighted by Gasteiger charge is 2.32. The Bertz CT molecular complexity index is 590. The SMILES string of the molecule is N#Cc1ccccc1N1CCN(C(=O)C2CC(O)CN2)CC1. The molecule has 0 aromatic heterocycles. The summed E-state index contributed by atoms with van der Waals surface area (Å²) in [5, 5.41) is 21.8. The van der Waals surface area contributed by atoms with Gasteiger partial charge in [0.1, 0.15) is 6.07 Å². The third-order valence-corrected chi connectivity index (χ3v) is 4.36. The third-order valence-electron chi connectivity index (χ3n) is 4.36.